The molecular weight excluding hydrogens is 380 g/mol. The van der Waals surface area contributed by atoms with Gasteiger partial charge in [-0.3, -0.25) is 14.5 Å². The van der Waals surface area contributed by atoms with Crippen molar-refractivity contribution in [1.82, 2.24) is 15.2 Å². The summed E-state index contributed by atoms with van der Waals surface area (Å²) in [6, 6.07) is 4.98. The highest BCUT2D eigenvalue weighted by atomic mass is 32.1. The number of carbonyl (C=O) groups is 3. The first-order valence-corrected chi connectivity index (χ1v) is 10.1. The zero-order valence-electron chi connectivity index (χ0n) is 15.8. The minimum atomic E-state index is -0.859. The molecule has 9 heteroatoms. The molecule has 1 saturated heterocycles. The van der Waals surface area contributed by atoms with E-state index in [1.807, 2.05) is 19.1 Å². The van der Waals surface area contributed by atoms with Gasteiger partial charge in [-0.15, -0.1) is 0 Å². The van der Waals surface area contributed by atoms with E-state index in [0.717, 1.165) is 28.9 Å². The van der Waals surface area contributed by atoms with Crippen LogP contribution in [0.2, 0.25) is 0 Å². The Hall–Kier alpha value is -2.68. The smallest absolute Gasteiger partial charge is 0.325 e. The Morgan fingerprint density at radius 3 is 3.00 bits per heavy atom. The summed E-state index contributed by atoms with van der Waals surface area (Å²) in [6.45, 7) is 1.66. The fourth-order valence-corrected chi connectivity index (χ4v) is 4.89. The number of fused-ring (bicyclic) bond motifs is 1. The number of amides is 4. The zero-order chi connectivity index (χ0) is 19.9. The monoisotopic (exact) mass is 402 g/mol. The van der Waals surface area contributed by atoms with E-state index in [1.165, 1.54) is 11.3 Å². The van der Waals surface area contributed by atoms with Gasteiger partial charge in [0, 0.05) is 6.07 Å². The number of hydrogen-bond donors (Lipinski definition) is 2. The van der Waals surface area contributed by atoms with Crippen molar-refractivity contribution in [3.05, 3.63) is 18.2 Å². The minimum absolute atomic E-state index is 0.0602. The van der Waals surface area contributed by atoms with E-state index in [0.29, 0.717) is 22.8 Å². The molecule has 0 radical (unpaired) electrons. The summed E-state index contributed by atoms with van der Waals surface area (Å²) in [4.78, 5) is 43.2. The summed E-state index contributed by atoms with van der Waals surface area (Å²) in [7, 11) is 1.58. The number of benzene rings is 1. The molecular formula is C19H22N4O4S. The SMILES string of the molecule is COc1ccc2sc(NC(=O)CN3C(=O)N[C@]4(CCCC[C@H]4C)C3=O)nc2c1. The van der Waals surface area contributed by atoms with E-state index in [9.17, 15) is 14.4 Å². The maximum absolute atomic E-state index is 12.9. The topological polar surface area (TPSA) is 101 Å². The van der Waals surface area contributed by atoms with Crippen molar-refractivity contribution in [3.8, 4) is 5.75 Å². The van der Waals surface area contributed by atoms with Gasteiger partial charge in [-0.25, -0.2) is 9.78 Å². The molecule has 28 heavy (non-hydrogen) atoms. The number of urea groups is 1. The summed E-state index contributed by atoms with van der Waals surface area (Å²) in [5.41, 5.74) is -0.146. The third-order valence-corrected chi connectivity index (χ3v) is 6.60. The lowest BCUT2D eigenvalue weighted by molar-refractivity contribution is -0.136. The first-order valence-electron chi connectivity index (χ1n) is 9.31. The van der Waals surface area contributed by atoms with Crippen molar-refractivity contribution in [1.29, 1.82) is 0 Å². The number of ether oxygens (including phenoxy) is 1. The van der Waals surface area contributed by atoms with E-state index in [1.54, 1.807) is 13.2 Å². The highest BCUT2D eigenvalue weighted by molar-refractivity contribution is 7.22. The second-order valence-electron chi connectivity index (χ2n) is 7.34. The average Bonchev–Trinajstić information content (AvgIpc) is 3.17. The third kappa shape index (κ3) is 3.09. The molecule has 148 valence electrons. The van der Waals surface area contributed by atoms with Crippen LogP contribution in [0, 0.1) is 5.92 Å². The van der Waals surface area contributed by atoms with E-state index in [-0.39, 0.29) is 18.4 Å². The summed E-state index contributed by atoms with van der Waals surface area (Å²) < 4.78 is 6.08. The molecule has 2 aliphatic rings. The summed E-state index contributed by atoms with van der Waals surface area (Å²) in [5.74, 6) is -0.00386. The van der Waals surface area contributed by atoms with Crippen LogP contribution in [0.3, 0.4) is 0 Å². The van der Waals surface area contributed by atoms with Crippen LogP contribution in [0.25, 0.3) is 10.2 Å². The number of aromatic nitrogens is 1. The number of rotatable bonds is 4. The van der Waals surface area contributed by atoms with Crippen LogP contribution in [0.15, 0.2) is 18.2 Å². The quantitative estimate of drug-likeness (QED) is 0.766. The molecule has 2 heterocycles. The number of nitrogens with one attached hydrogen (secondary N) is 2. The summed E-state index contributed by atoms with van der Waals surface area (Å²) >= 11 is 1.32. The number of nitrogens with zero attached hydrogens (tertiary/aromatic N) is 2. The number of imide groups is 1. The fourth-order valence-electron chi connectivity index (χ4n) is 4.03. The van der Waals surface area contributed by atoms with Crippen molar-refractivity contribution in [2.24, 2.45) is 5.92 Å². The number of carbonyl (C=O) groups excluding carboxylic acids is 3. The zero-order valence-corrected chi connectivity index (χ0v) is 16.6. The number of thiazole rings is 1. The normalized spacial score (nSPS) is 24.6. The van der Waals surface area contributed by atoms with Crippen LogP contribution in [0.4, 0.5) is 9.93 Å². The molecule has 4 rings (SSSR count). The Kier molecular flexibility index (Phi) is 4.70. The standard InChI is InChI=1S/C19H22N4O4S/c1-11-5-3-4-8-19(11)16(25)23(18(26)22-19)10-15(24)21-17-20-13-9-12(27-2)6-7-14(13)28-17/h6-7,9,11H,3-5,8,10H2,1-2H3,(H,22,26)(H,20,21,24)/t11-,19+/m1/s1. The van der Waals surface area contributed by atoms with Crippen LogP contribution >= 0.6 is 11.3 Å². The molecule has 1 saturated carbocycles. The number of methoxy groups -OCH3 is 1. The van der Waals surface area contributed by atoms with Gasteiger partial charge in [-0.2, -0.15) is 0 Å². The van der Waals surface area contributed by atoms with Crippen LogP contribution in [-0.4, -0.2) is 46.9 Å². The Morgan fingerprint density at radius 1 is 1.43 bits per heavy atom. The lowest BCUT2D eigenvalue weighted by Gasteiger charge is -2.36. The van der Waals surface area contributed by atoms with E-state index < -0.39 is 17.5 Å². The predicted molar refractivity (Wildman–Crippen MR) is 105 cm³/mol. The molecule has 1 aromatic carbocycles. The Labute approximate surface area is 166 Å². The molecule has 1 aromatic heterocycles. The molecule has 1 spiro atoms. The van der Waals surface area contributed by atoms with E-state index in [2.05, 4.69) is 15.6 Å². The molecule has 2 N–H and O–H groups in total. The van der Waals surface area contributed by atoms with Gasteiger partial charge >= 0.3 is 6.03 Å². The highest BCUT2D eigenvalue weighted by Gasteiger charge is 2.55. The fraction of sp³-hybridized carbons (Fsp3) is 0.474. The molecule has 2 atom stereocenters. The van der Waals surface area contributed by atoms with Gasteiger partial charge in [0.2, 0.25) is 5.91 Å². The molecule has 4 amide bonds. The largest absolute Gasteiger partial charge is 0.497 e. The van der Waals surface area contributed by atoms with Crippen molar-refractivity contribution in [2.45, 2.75) is 38.1 Å². The van der Waals surface area contributed by atoms with Gasteiger partial charge in [-0.1, -0.05) is 31.1 Å². The summed E-state index contributed by atoms with van der Waals surface area (Å²) in [6.07, 6.45) is 3.46. The van der Waals surface area contributed by atoms with Crippen molar-refractivity contribution in [3.63, 3.8) is 0 Å². The van der Waals surface area contributed by atoms with Crippen molar-refractivity contribution < 1.29 is 19.1 Å². The number of anilines is 1. The van der Waals surface area contributed by atoms with E-state index >= 15 is 0 Å². The molecule has 1 aliphatic heterocycles. The van der Waals surface area contributed by atoms with Crippen molar-refractivity contribution in [2.75, 3.05) is 19.0 Å². The van der Waals surface area contributed by atoms with Crippen LogP contribution < -0.4 is 15.4 Å². The lowest BCUT2D eigenvalue weighted by Crippen LogP contribution is -2.54. The molecule has 0 bridgehead atoms. The van der Waals surface area contributed by atoms with E-state index in [4.69, 9.17) is 4.74 Å². The van der Waals surface area contributed by atoms with Gasteiger partial charge in [0.05, 0.1) is 17.3 Å². The van der Waals surface area contributed by atoms with Gasteiger partial charge in [0.15, 0.2) is 5.13 Å². The number of hydrogen-bond acceptors (Lipinski definition) is 6. The average molecular weight is 402 g/mol. The molecule has 8 nitrogen and oxygen atoms in total. The Morgan fingerprint density at radius 2 is 2.25 bits per heavy atom. The summed E-state index contributed by atoms with van der Waals surface area (Å²) in [5, 5.41) is 5.96. The second kappa shape index (κ2) is 7.05. The Balaban J connectivity index is 1.46. The third-order valence-electron chi connectivity index (χ3n) is 5.64. The van der Waals surface area contributed by atoms with Crippen LogP contribution in [-0.2, 0) is 9.59 Å². The molecule has 1 aliphatic carbocycles. The molecule has 2 aromatic rings. The maximum atomic E-state index is 12.9. The van der Waals surface area contributed by atoms with Gasteiger partial charge < -0.3 is 15.4 Å². The van der Waals surface area contributed by atoms with Crippen molar-refractivity contribution >= 4 is 44.5 Å². The van der Waals surface area contributed by atoms with Crippen LogP contribution in [0.5, 0.6) is 5.75 Å². The van der Waals surface area contributed by atoms with Gasteiger partial charge in [-0.05, 0) is 30.9 Å². The lowest BCUT2D eigenvalue weighted by atomic mass is 9.73. The predicted octanol–water partition coefficient (Wildman–Crippen LogP) is 2.74. The van der Waals surface area contributed by atoms with Crippen LogP contribution in [0.1, 0.15) is 32.6 Å². The Bertz CT molecular complexity index is 959. The molecule has 0 unspecified atom stereocenters. The minimum Gasteiger partial charge on any atom is -0.497 e. The van der Waals surface area contributed by atoms with Gasteiger partial charge in [0.25, 0.3) is 5.91 Å². The first kappa shape index (κ1) is 18.7. The second-order valence-corrected chi connectivity index (χ2v) is 8.37. The first-order chi connectivity index (χ1) is 13.4. The van der Waals surface area contributed by atoms with Gasteiger partial charge in [0.1, 0.15) is 17.8 Å². The maximum Gasteiger partial charge on any atom is 0.325 e. The molecule has 2 fully saturated rings. The highest BCUT2D eigenvalue weighted by Crippen LogP contribution is 2.38.